The third-order valence-electron chi connectivity index (χ3n) is 2.79. The number of hydrogen-bond acceptors (Lipinski definition) is 3. The lowest BCUT2D eigenvalue weighted by Gasteiger charge is -2.26. The minimum atomic E-state index is -0.120. The van der Waals surface area contributed by atoms with Crippen LogP contribution in [0.2, 0.25) is 0 Å². The Labute approximate surface area is 94.1 Å². The van der Waals surface area contributed by atoms with E-state index in [0.717, 1.165) is 32.4 Å². The maximum Gasteiger partial charge on any atom is 0.254 e. The second-order valence-corrected chi connectivity index (χ2v) is 4.09. The molecule has 1 saturated heterocycles. The van der Waals surface area contributed by atoms with E-state index < -0.39 is 0 Å². The lowest BCUT2D eigenvalue weighted by Crippen LogP contribution is -2.35. The fourth-order valence-electron chi connectivity index (χ4n) is 2.00. The number of nitrogens with zero attached hydrogens (tertiary/aromatic N) is 1. The molecule has 0 aromatic heterocycles. The molecule has 1 aliphatic rings. The standard InChI is InChI=1S/C12H15NO3/c14-10-6-9(7-11(15)8-10)12(16)13-4-2-1-3-5-13/h6-8,14-15H,1-5H2. The fraction of sp³-hybridized carbons (Fsp3) is 0.417. The van der Waals surface area contributed by atoms with Crippen LogP contribution in [0.25, 0.3) is 0 Å². The molecule has 1 aromatic rings. The highest BCUT2D eigenvalue weighted by Crippen LogP contribution is 2.22. The monoisotopic (exact) mass is 221 g/mol. The van der Waals surface area contributed by atoms with Gasteiger partial charge in [-0.2, -0.15) is 0 Å². The number of phenols is 2. The van der Waals surface area contributed by atoms with E-state index >= 15 is 0 Å². The molecule has 0 atom stereocenters. The van der Waals surface area contributed by atoms with Crippen LogP contribution in [0.1, 0.15) is 29.6 Å². The van der Waals surface area contributed by atoms with E-state index in [-0.39, 0.29) is 17.4 Å². The first kappa shape index (κ1) is 10.8. The van der Waals surface area contributed by atoms with Gasteiger partial charge in [0.05, 0.1) is 0 Å². The molecule has 0 radical (unpaired) electrons. The quantitative estimate of drug-likeness (QED) is 0.759. The Morgan fingerprint density at radius 3 is 2.12 bits per heavy atom. The number of carbonyl (C=O) groups excluding carboxylic acids is 1. The van der Waals surface area contributed by atoms with Crippen molar-refractivity contribution in [2.24, 2.45) is 0 Å². The largest absolute Gasteiger partial charge is 0.508 e. The van der Waals surface area contributed by atoms with Crippen LogP contribution in [-0.4, -0.2) is 34.1 Å². The van der Waals surface area contributed by atoms with Crippen LogP contribution in [-0.2, 0) is 0 Å². The minimum Gasteiger partial charge on any atom is -0.508 e. The minimum absolute atomic E-state index is 0.0830. The van der Waals surface area contributed by atoms with Crippen LogP contribution >= 0.6 is 0 Å². The number of piperidine rings is 1. The first-order chi connectivity index (χ1) is 7.66. The number of carbonyl (C=O) groups is 1. The van der Waals surface area contributed by atoms with Gasteiger partial charge in [-0.25, -0.2) is 0 Å². The number of amides is 1. The molecule has 0 unspecified atom stereocenters. The average Bonchev–Trinajstić information content (AvgIpc) is 2.28. The number of aromatic hydroxyl groups is 2. The molecule has 4 nitrogen and oxygen atoms in total. The Balaban J connectivity index is 2.19. The summed E-state index contributed by atoms with van der Waals surface area (Å²) in [6.45, 7) is 1.52. The summed E-state index contributed by atoms with van der Waals surface area (Å²) in [6, 6.07) is 3.99. The number of rotatable bonds is 1. The Bertz CT molecular complexity index is 377. The van der Waals surface area contributed by atoms with E-state index in [9.17, 15) is 15.0 Å². The first-order valence-corrected chi connectivity index (χ1v) is 5.49. The van der Waals surface area contributed by atoms with Gasteiger partial charge in [0.2, 0.25) is 0 Å². The predicted octanol–water partition coefficient (Wildman–Crippen LogP) is 1.72. The molecular formula is C12H15NO3. The summed E-state index contributed by atoms with van der Waals surface area (Å²) in [6.07, 6.45) is 3.21. The van der Waals surface area contributed by atoms with Crippen molar-refractivity contribution in [2.75, 3.05) is 13.1 Å². The maximum absolute atomic E-state index is 12.0. The van der Waals surface area contributed by atoms with E-state index in [1.54, 1.807) is 4.90 Å². The van der Waals surface area contributed by atoms with Crippen LogP contribution < -0.4 is 0 Å². The summed E-state index contributed by atoms with van der Waals surface area (Å²) in [4.78, 5) is 13.8. The van der Waals surface area contributed by atoms with Gasteiger partial charge in [0.25, 0.3) is 5.91 Å². The van der Waals surface area contributed by atoms with Crippen LogP contribution in [0.3, 0.4) is 0 Å². The van der Waals surface area contributed by atoms with Crippen LogP contribution in [0.15, 0.2) is 18.2 Å². The molecule has 2 N–H and O–H groups in total. The molecule has 1 amide bonds. The maximum atomic E-state index is 12.0. The van der Waals surface area contributed by atoms with Crippen LogP contribution in [0.5, 0.6) is 11.5 Å². The zero-order valence-corrected chi connectivity index (χ0v) is 9.02. The molecule has 0 bridgehead atoms. The smallest absolute Gasteiger partial charge is 0.254 e. The van der Waals surface area contributed by atoms with E-state index in [4.69, 9.17) is 0 Å². The summed E-state index contributed by atoms with van der Waals surface area (Å²) in [7, 11) is 0. The Morgan fingerprint density at radius 2 is 1.56 bits per heavy atom. The summed E-state index contributed by atoms with van der Waals surface area (Å²) in [5.41, 5.74) is 0.347. The average molecular weight is 221 g/mol. The molecule has 16 heavy (non-hydrogen) atoms. The molecule has 86 valence electrons. The SMILES string of the molecule is O=C(c1cc(O)cc(O)c1)N1CCCCC1. The van der Waals surface area contributed by atoms with Gasteiger partial charge in [-0.1, -0.05) is 0 Å². The summed E-state index contributed by atoms with van der Waals surface area (Å²) in [5.74, 6) is -0.286. The van der Waals surface area contributed by atoms with Crippen molar-refractivity contribution in [3.05, 3.63) is 23.8 Å². The van der Waals surface area contributed by atoms with E-state index in [1.165, 1.54) is 18.2 Å². The Morgan fingerprint density at radius 1 is 1.00 bits per heavy atom. The van der Waals surface area contributed by atoms with Crippen molar-refractivity contribution < 1.29 is 15.0 Å². The Hall–Kier alpha value is -1.71. The second kappa shape index (κ2) is 4.43. The van der Waals surface area contributed by atoms with Crippen molar-refractivity contribution >= 4 is 5.91 Å². The van der Waals surface area contributed by atoms with Crippen molar-refractivity contribution in [1.29, 1.82) is 0 Å². The van der Waals surface area contributed by atoms with Gasteiger partial charge in [0.1, 0.15) is 11.5 Å². The normalized spacial score (nSPS) is 16.1. The van der Waals surface area contributed by atoms with Crippen molar-refractivity contribution in [1.82, 2.24) is 4.90 Å². The molecule has 1 aliphatic heterocycles. The topological polar surface area (TPSA) is 60.8 Å². The van der Waals surface area contributed by atoms with Gasteiger partial charge in [-0.05, 0) is 31.4 Å². The van der Waals surface area contributed by atoms with Crippen molar-refractivity contribution in [2.45, 2.75) is 19.3 Å². The van der Waals surface area contributed by atoms with Crippen LogP contribution in [0, 0.1) is 0 Å². The van der Waals surface area contributed by atoms with Gasteiger partial charge in [-0.3, -0.25) is 4.79 Å². The zero-order valence-electron chi connectivity index (χ0n) is 9.02. The van der Waals surface area contributed by atoms with Gasteiger partial charge >= 0.3 is 0 Å². The Kier molecular flexibility index (Phi) is 2.99. The predicted molar refractivity (Wildman–Crippen MR) is 59.5 cm³/mol. The van der Waals surface area contributed by atoms with E-state index in [2.05, 4.69) is 0 Å². The zero-order chi connectivity index (χ0) is 11.5. The highest BCUT2D eigenvalue weighted by molar-refractivity contribution is 5.95. The molecule has 0 spiro atoms. The number of likely N-dealkylation sites (tertiary alicyclic amines) is 1. The lowest BCUT2D eigenvalue weighted by atomic mass is 10.1. The van der Waals surface area contributed by atoms with Crippen molar-refractivity contribution in [3.63, 3.8) is 0 Å². The van der Waals surface area contributed by atoms with E-state index in [0.29, 0.717) is 5.56 Å². The summed E-state index contributed by atoms with van der Waals surface area (Å²) < 4.78 is 0. The highest BCUT2D eigenvalue weighted by Gasteiger charge is 2.18. The number of hydrogen-bond donors (Lipinski definition) is 2. The molecule has 1 fully saturated rings. The fourth-order valence-corrected chi connectivity index (χ4v) is 2.00. The molecule has 1 aromatic carbocycles. The van der Waals surface area contributed by atoms with Crippen LogP contribution in [0.4, 0.5) is 0 Å². The second-order valence-electron chi connectivity index (χ2n) is 4.09. The molecule has 2 rings (SSSR count). The van der Waals surface area contributed by atoms with E-state index in [1.807, 2.05) is 0 Å². The summed E-state index contributed by atoms with van der Waals surface area (Å²) in [5, 5.41) is 18.6. The molecule has 1 heterocycles. The summed E-state index contributed by atoms with van der Waals surface area (Å²) >= 11 is 0. The molecular weight excluding hydrogens is 206 g/mol. The third-order valence-corrected chi connectivity index (χ3v) is 2.79. The lowest BCUT2D eigenvalue weighted by molar-refractivity contribution is 0.0723. The number of benzene rings is 1. The highest BCUT2D eigenvalue weighted by atomic mass is 16.3. The molecule has 0 aliphatic carbocycles. The molecule has 4 heteroatoms. The van der Waals surface area contributed by atoms with Crippen molar-refractivity contribution in [3.8, 4) is 11.5 Å². The number of phenolic OH excluding ortho intramolecular Hbond substituents is 2. The molecule has 0 saturated carbocycles. The first-order valence-electron chi connectivity index (χ1n) is 5.49. The van der Waals surface area contributed by atoms with Gasteiger partial charge in [-0.15, -0.1) is 0 Å². The third kappa shape index (κ3) is 2.27. The van der Waals surface area contributed by atoms with Gasteiger partial charge < -0.3 is 15.1 Å². The van der Waals surface area contributed by atoms with Gasteiger partial charge in [0, 0.05) is 24.7 Å². The van der Waals surface area contributed by atoms with Gasteiger partial charge in [0.15, 0.2) is 0 Å².